The van der Waals surface area contributed by atoms with E-state index in [1.54, 1.807) is 6.07 Å². The van der Waals surface area contributed by atoms with E-state index in [1.165, 1.54) is 0 Å². The van der Waals surface area contributed by atoms with E-state index >= 15 is 0 Å². The van der Waals surface area contributed by atoms with Crippen LogP contribution in [0.2, 0.25) is 0 Å². The van der Waals surface area contributed by atoms with Gasteiger partial charge in [0.25, 0.3) is 6.43 Å². The summed E-state index contributed by atoms with van der Waals surface area (Å²) in [6.45, 7) is 0. The third kappa shape index (κ3) is 3.80. The lowest BCUT2D eigenvalue weighted by atomic mass is 10.2. The predicted octanol–water partition coefficient (Wildman–Crippen LogP) is 3.75. The fraction of sp³-hybridized carbons (Fsp3) is 0.333. The fourth-order valence-electron chi connectivity index (χ4n) is 1.13. The van der Waals surface area contributed by atoms with E-state index in [1.807, 2.05) is 0 Å². The lowest BCUT2D eigenvalue weighted by Crippen LogP contribution is -2.19. The zero-order valence-corrected chi connectivity index (χ0v) is 10.0. The van der Waals surface area contributed by atoms with Crippen LogP contribution in [0, 0.1) is 11.3 Å². The van der Waals surface area contributed by atoms with Crippen LogP contribution in [0.5, 0.6) is 5.75 Å². The van der Waals surface area contributed by atoms with Crippen LogP contribution < -0.4 is 4.74 Å². The molecule has 0 aromatic carbocycles. The zero-order valence-electron chi connectivity index (χ0n) is 8.43. The van der Waals surface area contributed by atoms with Gasteiger partial charge >= 0.3 is 6.36 Å². The molecule has 1 heterocycles. The second-order valence-electron chi connectivity index (χ2n) is 3.00. The van der Waals surface area contributed by atoms with E-state index in [4.69, 9.17) is 5.26 Å². The summed E-state index contributed by atoms with van der Waals surface area (Å²) in [4.78, 5) is 3.54. The first-order chi connectivity index (χ1) is 8.24. The standard InChI is InChI=1S/C9H4BrF5N2O/c10-7-6(8(11)12)5(18-9(13,14)15)3-4(17-7)1-2-16/h3,8H,1H2. The summed E-state index contributed by atoms with van der Waals surface area (Å²) in [5.41, 5.74) is -1.11. The van der Waals surface area contributed by atoms with Crippen LogP contribution in [0.15, 0.2) is 10.7 Å². The zero-order chi connectivity index (χ0) is 13.9. The van der Waals surface area contributed by atoms with Gasteiger partial charge in [-0.3, -0.25) is 0 Å². The van der Waals surface area contributed by atoms with E-state index < -0.39 is 28.7 Å². The van der Waals surface area contributed by atoms with Gasteiger partial charge in [0.15, 0.2) is 0 Å². The molecule has 0 unspecified atom stereocenters. The van der Waals surface area contributed by atoms with Crippen molar-refractivity contribution in [1.29, 1.82) is 5.26 Å². The third-order valence-electron chi connectivity index (χ3n) is 1.73. The third-order valence-corrected chi connectivity index (χ3v) is 2.34. The highest BCUT2D eigenvalue weighted by Crippen LogP contribution is 2.37. The van der Waals surface area contributed by atoms with Gasteiger partial charge < -0.3 is 4.74 Å². The van der Waals surface area contributed by atoms with Crippen molar-refractivity contribution in [2.45, 2.75) is 19.2 Å². The average molecular weight is 331 g/mol. The summed E-state index contributed by atoms with van der Waals surface area (Å²) in [6.07, 6.45) is -8.62. The topological polar surface area (TPSA) is 45.9 Å². The molecular formula is C9H4BrF5N2O. The minimum Gasteiger partial charge on any atom is -0.405 e. The first-order valence-corrected chi connectivity index (χ1v) is 5.14. The molecule has 0 atom stereocenters. The maximum Gasteiger partial charge on any atom is 0.573 e. The van der Waals surface area contributed by atoms with Gasteiger partial charge in [0, 0.05) is 6.07 Å². The summed E-state index contributed by atoms with van der Waals surface area (Å²) < 4.78 is 64.4. The van der Waals surface area contributed by atoms with E-state index in [-0.39, 0.29) is 12.1 Å². The molecule has 0 aliphatic heterocycles. The SMILES string of the molecule is N#CCc1cc(OC(F)(F)F)c(C(F)F)c(Br)n1. The molecule has 0 fully saturated rings. The van der Waals surface area contributed by atoms with Crippen LogP contribution in [0.4, 0.5) is 22.0 Å². The second kappa shape index (κ2) is 5.48. The van der Waals surface area contributed by atoms with Crippen molar-refractivity contribution in [1.82, 2.24) is 4.98 Å². The number of nitrogens with zero attached hydrogens (tertiary/aromatic N) is 2. The summed E-state index contributed by atoms with van der Waals surface area (Å²) in [7, 11) is 0. The Labute approximate surface area is 106 Å². The maximum absolute atomic E-state index is 12.6. The first kappa shape index (κ1) is 14.6. The molecule has 0 N–H and O–H groups in total. The number of ether oxygens (including phenoxy) is 1. The highest BCUT2D eigenvalue weighted by atomic mass is 79.9. The normalized spacial score (nSPS) is 11.4. The Morgan fingerprint density at radius 3 is 2.50 bits per heavy atom. The number of aromatic nitrogens is 1. The lowest BCUT2D eigenvalue weighted by molar-refractivity contribution is -0.275. The Kier molecular flexibility index (Phi) is 4.45. The molecule has 0 aliphatic rings. The molecule has 98 valence electrons. The minimum atomic E-state index is -5.10. The van der Waals surface area contributed by atoms with Gasteiger partial charge in [0.2, 0.25) is 0 Å². The molecule has 1 aromatic heterocycles. The van der Waals surface area contributed by atoms with Gasteiger partial charge in [0.1, 0.15) is 10.4 Å². The maximum atomic E-state index is 12.6. The molecule has 1 aromatic rings. The Morgan fingerprint density at radius 2 is 2.06 bits per heavy atom. The Hall–Kier alpha value is -1.43. The van der Waals surface area contributed by atoms with Crippen molar-refractivity contribution < 1.29 is 26.7 Å². The number of rotatable bonds is 3. The molecular weight excluding hydrogens is 327 g/mol. The van der Waals surface area contributed by atoms with Gasteiger partial charge in [-0.05, 0) is 15.9 Å². The van der Waals surface area contributed by atoms with E-state index in [9.17, 15) is 22.0 Å². The number of halogens is 6. The highest BCUT2D eigenvalue weighted by Gasteiger charge is 2.34. The number of nitriles is 1. The van der Waals surface area contributed by atoms with E-state index in [0.717, 1.165) is 0 Å². The lowest BCUT2D eigenvalue weighted by Gasteiger charge is -2.14. The molecule has 0 spiro atoms. The quantitative estimate of drug-likeness (QED) is 0.626. The molecule has 0 radical (unpaired) electrons. The molecule has 0 bridgehead atoms. The van der Waals surface area contributed by atoms with Crippen LogP contribution in [0.25, 0.3) is 0 Å². The van der Waals surface area contributed by atoms with Crippen molar-refractivity contribution in [3.8, 4) is 11.8 Å². The number of hydrogen-bond acceptors (Lipinski definition) is 3. The molecule has 0 saturated heterocycles. The summed E-state index contributed by atoms with van der Waals surface area (Å²) in [5, 5.41) is 8.40. The molecule has 18 heavy (non-hydrogen) atoms. The van der Waals surface area contributed by atoms with E-state index in [0.29, 0.717) is 6.07 Å². The van der Waals surface area contributed by atoms with Crippen molar-refractivity contribution in [2.24, 2.45) is 0 Å². The minimum absolute atomic E-state index is 0.104. The Morgan fingerprint density at radius 1 is 1.44 bits per heavy atom. The number of pyridine rings is 1. The number of hydrogen-bond donors (Lipinski definition) is 0. The average Bonchev–Trinajstić information content (AvgIpc) is 2.13. The summed E-state index contributed by atoms with van der Waals surface area (Å²) in [5.74, 6) is -1.07. The Bertz CT molecular complexity index is 483. The van der Waals surface area contributed by atoms with Crippen molar-refractivity contribution in [3.05, 3.63) is 21.9 Å². The molecule has 0 aliphatic carbocycles. The highest BCUT2D eigenvalue weighted by molar-refractivity contribution is 9.10. The molecule has 0 amide bonds. The molecule has 1 rings (SSSR count). The Balaban J connectivity index is 3.29. The van der Waals surface area contributed by atoms with Crippen molar-refractivity contribution >= 4 is 15.9 Å². The predicted molar refractivity (Wildman–Crippen MR) is 52.9 cm³/mol. The molecule has 3 nitrogen and oxygen atoms in total. The van der Waals surface area contributed by atoms with Crippen LogP contribution in [-0.4, -0.2) is 11.3 Å². The first-order valence-electron chi connectivity index (χ1n) is 4.34. The van der Waals surface area contributed by atoms with Gasteiger partial charge in [-0.2, -0.15) is 5.26 Å². The van der Waals surface area contributed by atoms with Crippen LogP contribution in [0.3, 0.4) is 0 Å². The fourth-order valence-corrected chi connectivity index (χ4v) is 1.72. The number of alkyl halides is 5. The van der Waals surface area contributed by atoms with Crippen molar-refractivity contribution in [3.63, 3.8) is 0 Å². The molecule has 0 saturated carbocycles. The van der Waals surface area contributed by atoms with Gasteiger partial charge in [-0.15, -0.1) is 13.2 Å². The van der Waals surface area contributed by atoms with Crippen molar-refractivity contribution in [2.75, 3.05) is 0 Å². The van der Waals surface area contributed by atoms with Gasteiger partial charge in [-0.1, -0.05) is 0 Å². The smallest absolute Gasteiger partial charge is 0.405 e. The summed E-state index contributed by atoms with van der Waals surface area (Å²) >= 11 is 2.63. The van der Waals surface area contributed by atoms with Crippen LogP contribution in [0.1, 0.15) is 17.7 Å². The monoisotopic (exact) mass is 330 g/mol. The summed E-state index contributed by atoms with van der Waals surface area (Å²) in [6, 6.07) is 2.31. The van der Waals surface area contributed by atoms with E-state index in [2.05, 4.69) is 25.7 Å². The van der Waals surface area contributed by atoms with Gasteiger partial charge in [0.05, 0.1) is 23.7 Å². The van der Waals surface area contributed by atoms with Crippen LogP contribution in [-0.2, 0) is 6.42 Å². The molecule has 9 heteroatoms. The van der Waals surface area contributed by atoms with Gasteiger partial charge in [-0.25, -0.2) is 13.8 Å². The van der Waals surface area contributed by atoms with Crippen LogP contribution >= 0.6 is 15.9 Å². The second-order valence-corrected chi connectivity index (χ2v) is 3.75. The largest absolute Gasteiger partial charge is 0.573 e.